The van der Waals surface area contributed by atoms with Gasteiger partial charge in [0.2, 0.25) is 0 Å². The zero-order valence-corrected chi connectivity index (χ0v) is 10.3. The highest BCUT2D eigenvalue weighted by molar-refractivity contribution is 6.31. The Labute approximate surface area is 101 Å². The Morgan fingerprint density at radius 3 is 2.88 bits per heavy atom. The van der Waals surface area contributed by atoms with Crippen LogP contribution in [0.1, 0.15) is 29.3 Å². The Morgan fingerprint density at radius 1 is 1.56 bits per heavy atom. The molecule has 3 nitrogen and oxygen atoms in total. The molecule has 4 heteroatoms. The first-order chi connectivity index (χ1) is 7.56. The maximum atomic E-state index is 11.8. The van der Waals surface area contributed by atoms with Gasteiger partial charge in [-0.15, -0.1) is 0 Å². The van der Waals surface area contributed by atoms with Crippen molar-refractivity contribution in [3.05, 3.63) is 34.3 Å². The Morgan fingerprint density at radius 2 is 2.25 bits per heavy atom. The average Bonchev–Trinajstić information content (AvgIpc) is 2.29. The maximum absolute atomic E-state index is 11.8. The molecule has 0 aliphatic rings. The van der Waals surface area contributed by atoms with Crippen LogP contribution in [0, 0.1) is 6.92 Å². The number of nitrogens with two attached hydrogens (primary N) is 1. The van der Waals surface area contributed by atoms with E-state index in [9.17, 15) is 4.79 Å². The predicted octanol–water partition coefficient (Wildman–Crippen LogP) is 2.12. The highest BCUT2D eigenvalue weighted by Crippen LogP contribution is 2.18. The van der Waals surface area contributed by atoms with Crippen LogP contribution in [0.15, 0.2) is 18.2 Å². The minimum absolute atomic E-state index is 0.00319. The van der Waals surface area contributed by atoms with Gasteiger partial charge in [-0.3, -0.25) is 4.79 Å². The van der Waals surface area contributed by atoms with Crippen LogP contribution < -0.4 is 11.1 Å². The second-order valence-corrected chi connectivity index (χ2v) is 4.20. The van der Waals surface area contributed by atoms with E-state index in [1.807, 2.05) is 13.8 Å². The van der Waals surface area contributed by atoms with Crippen molar-refractivity contribution in [2.75, 3.05) is 6.54 Å². The standard InChI is InChI=1S/C12H17ClN2O/c1-3-9(14)7-15-12(16)10-5-4-6-11(13)8(10)2/h4-6,9H,3,7,14H2,1-2H3,(H,15,16). The third-order valence-corrected chi connectivity index (χ3v) is 2.97. The summed E-state index contributed by atoms with van der Waals surface area (Å²) in [5.41, 5.74) is 7.13. The van der Waals surface area contributed by atoms with E-state index < -0.39 is 0 Å². The molecule has 1 amide bonds. The molecule has 88 valence electrons. The number of amides is 1. The van der Waals surface area contributed by atoms with Crippen molar-refractivity contribution in [3.8, 4) is 0 Å². The van der Waals surface area contributed by atoms with E-state index in [0.29, 0.717) is 17.1 Å². The zero-order chi connectivity index (χ0) is 12.1. The minimum atomic E-state index is -0.121. The quantitative estimate of drug-likeness (QED) is 0.847. The third kappa shape index (κ3) is 3.22. The lowest BCUT2D eigenvalue weighted by atomic mass is 10.1. The highest BCUT2D eigenvalue weighted by Gasteiger charge is 2.11. The molecule has 1 aromatic rings. The van der Waals surface area contributed by atoms with Crippen molar-refractivity contribution in [1.82, 2.24) is 5.32 Å². The molecule has 1 atom stereocenters. The topological polar surface area (TPSA) is 55.1 Å². The van der Waals surface area contributed by atoms with Gasteiger partial charge in [0.15, 0.2) is 0 Å². The van der Waals surface area contributed by atoms with Crippen molar-refractivity contribution < 1.29 is 4.79 Å². The van der Waals surface area contributed by atoms with Gasteiger partial charge >= 0.3 is 0 Å². The number of halogens is 1. The van der Waals surface area contributed by atoms with E-state index in [-0.39, 0.29) is 11.9 Å². The highest BCUT2D eigenvalue weighted by atomic mass is 35.5. The molecule has 0 aromatic heterocycles. The van der Waals surface area contributed by atoms with Crippen LogP contribution in [0.3, 0.4) is 0 Å². The number of carbonyl (C=O) groups is 1. The van der Waals surface area contributed by atoms with Crippen molar-refractivity contribution in [2.45, 2.75) is 26.3 Å². The molecule has 0 fully saturated rings. The summed E-state index contributed by atoms with van der Waals surface area (Å²) in [5.74, 6) is -0.121. The van der Waals surface area contributed by atoms with Crippen molar-refractivity contribution in [3.63, 3.8) is 0 Å². The van der Waals surface area contributed by atoms with Crippen LogP contribution in [0.5, 0.6) is 0 Å². The van der Waals surface area contributed by atoms with E-state index in [0.717, 1.165) is 12.0 Å². The van der Waals surface area contributed by atoms with Crippen molar-refractivity contribution >= 4 is 17.5 Å². The monoisotopic (exact) mass is 240 g/mol. The first-order valence-electron chi connectivity index (χ1n) is 5.35. The molecule has 1 aromatic carbocycles. The lowest BCUT2D eigenvalue weighted by molar-refractivity contribution is 0.0950. The van der Waals surface area contributed by atoms with Crippen molar-refractivity contribution in [1.29, 1.82) is 0 Å². The van der Waals surface area contributed by atoms with Gasteiger partial charge in [0.25, 0.3) is 5.91 Å². The molecule has 0 saturated carbocycles. The molecule has 0 aliphatic heterocycles. The van der Waals surface area contributed by atoms with Gasteiger partial charge < -0.3 is 11.1 Å². The van der Waals surface area contributed by atoms with Gasteiger partial charge in [-0.1, -0.05) is 24.6 Å². The first kappa shape index (κ1) is 13.0. The summed E-state index contributed by atoms with van der Waals surface area (Å²) < 4.78 is 0. The maximum Gasteiger partial charge on any atom is 0.251 e. The lowest BCUT2D eigenvalue weighted by Crippen LogP contribution is -2.36. The number of hydrogen-bond acceptors (Lipinski definition) is 2. The largest absolute Gasteiger partial charge is 0.350 e. The molecule has 1 rings (SSSR count). The van der Waals surface area contributed by atoms with Gasteiger partial charge in [-0.25, -0.2) is 0 Å². The molecule has 0 aliphatic carbocycles. The average molecular weight is 241 g/mol. The smallest absolute Gasteiger partial charge is 0.251 e. The SMILES string of the molecule is CCC(N)CNC(=O)c1cccc(Cl)c1C. The molecule has 0 spiro atoms. The van der Waals surface area contributed by atoms with Gasteiger partial charge in [-0.05, 0) is 31.0 Å². The first-order valence-corrected chi connectivity index (χ1v) is 5.73. The third-order valence-electron chi connectivity index (χ3n) is 2.56. The Hall–Kier alpha value is -1.06. The van der Waals surface area contributed by atoms with Crippen LogP contribution in [-0.2, 0) is 0 Å². The van der Waals surface area contributed by atoms with Crippen LogP contribution in [0.4, 0.5) is 0 Å². The van der Waals surface area contributed by atoms with E-state index in [1.54, 1.807) is 18.2 Å². The van der Waals surface area contributed by atoms with Gasteiger partial charge in [0, 0.05) is 23.2 Å². The second kappa shape index (κ2) is 5.87. The molecule has 16 heavy (non-hydrogen) atoms. The molecule has 0 bridgehead atoms. The molecule has 0 radical (unpaired) electrons. The second-order valence-electron chi connectivity index (χ2n) is 3.79. The minimum Gasteiger partial charge on any atom is -0.350 e. The predicted molar refractivity (Wildman–Crippen MR) is 66.8 cm³/mol. The fourth-order valence-corrected chi connectivity index (χ4v) is 1.49. The van der Waals surface area contributed by atoms with E-state index >= 15 is 0 Å². The Kier molecular flexibility index (Phi) is 4.77. The summed E-state index contributed by atoms with van der Waals surface area (Å²) in [6.45, 7) is 4.31. The van der Waals surface area contributed by atoms with Crippen LogP contribution in [-0.4, -0.2) is 18.5 Å². The fourth-order valence-electron chi connectivity index (χ4n) is 1.32. The number of rotatable bonds is 4. The Balaban J connectivity index is 2.70. The zero-order valence-electron chi connectivity index (χ0n) is 9.59. The molecule has 0 heterocycles. The molecular weight excluding hydrogens is 224 g/mol. The van der Waals surface area contributed by atoms with Gasteiger partial charge in [-0.2, -0.15) is 0 Å². The summed E-state index contributed by atoms with van der Waals surface area (Å²) in [6.07, 6.45) is 0.842. The molecule has 3 N–H and O–H groups in total. The molecule has 1 unspecified atom stereocenters. The van der Waals surface area contributed by atoms with E-state index in [2.05, 4.69) is 5.32 Å². The number of benzene rings is 1. The summed E-state index contributed by atoms with van der Waals surface area (Å²) in [7, 11) is 0. The number of nitrogens with one attached hydrogen (secondary N) is 1. The van der Waals surface area contributed by atoms with Gasteiger partial charge in [0.1, 0.15) is 0 Å². The lowest BCUT2D eigenvalue weighted by Gasteiger charge is -2.12. The van der Waals surface area contributed by atoms with E-state index in [1.165, 1.54) is 0 Å². The summed E-state index contributed by atoms with van der Waals surface area (Å²) >= 11 is 5.94. The van der Waals surface area contributed by atoms with Gasteiger partial charge in [0.05, 0.1) is 0 Å². The molecule has 0 saturated heterocycles. The normalized spacial score (nSPS) is 12.2. The number of carbonyl (C=O) groups excluding carboxylic acids is 1. The Bertz CT molecular complexity index is 379. The summed E-state index contributed by atoms with van der Waals surface area (Å²) in [5, 5.41) is 3.40. The van der Waals surface area contributed by atoms with Crippen LogP contribution in [0.25, 0.3) is 0 Å². The fraction of sp³-hybridized carbons (Fsp3) is 0.417. The molecular formula is C12H17ClN2O. The summed E-state index contributed by atoms with van der Waals surface area (Å²) in [4.78, 5) is 11.8. The van der Waals surface area contributed by atoms with Crippen molar-refractivity contribution in [2.24, 2.45) is 5.73 Å². The number of hydrogen-bond donors (Lipinski definition) is 2. The summed E-state index contributed by atoms with van der Waals surface area (Å²) in [6, 6.07) is 5.30. The van der Waals surface area contributed by atoms with Crippen LogP contribution >= 0.6 is 11.6 Å². The van der Waals surface area contributed by atoms with E-state index in [4.69, 9.17) is 17.3 Å². The van der Waals surface area contributed by atoms with Crippen LogP contribution in [0.2, 0.25) is 5.02 Å².